The van der Waals surface area contributed by atoms with Crippen LogP contribution in [0.25, 0.3) is 0 Å². The first-order chi connectivity index (χ1) is 32.9. The number of aliphatic hydroxyl groups excluding tert-OH is 5. The molecular formula is C54H86O16. The molecule has 16 heteroatoms. The Morgan fingerprint density at radius 1 is 0.643 bits per heavy atom. The summed E-state index contributed by atoms with van der Waals surface area (Å²) in [6.45, 7) is 22.0. The summed E-state index contributed by atoms with van der Waals surface area (Å²) >= 11 is 0. The maximum atomic E-state index is 15.2. The minimum absolute atomic E-state index is 0.0275. The Labute approximate surface area is 415 Å². The molecule has 0 bridgehead atoms. The third kappa shape index (κ3) is 9.58. The average molecular weight is 991 g/mol. The summed E-state index contributed by atoms with van der Waals surface area (Å²) in [5.74, 6) is -2.18. The number of rotatable bonds is 16. The van der Waals surface area contributed by atoms with Gasteiger partial charge in [0.15, 0.2) is 30.6 Å². The van der Waals surface area contributed by atoms with Gasteiger partial charge in [0.2, 0.25) is 0 Å². The highest BCUT2D eigenvalue weighted by Gasteiger charge is 2.71. The molecule has 398 valence electrons. The van der Waals surface area contributed by atoms with E-state index in [0.717, 1.165) is 64.2 Å². The van der Waals surface area contributed by atoms with Crippen LogP contribution in [0.2, 0.25) is 0 Å². The number of esters is 3. The molecule has 7 rings (SSSR count). The molecule has 7 aliphatic rings. The Morgan fingerprint density at radius 3 is 1.80 bits per heavy atom. The van der Waals surface area contributed by atoms with Gasteiger partial charge in [0, 0.05) is 5.92 Å². The Bertz CT molecular complexity index is 1940. The van der Waals surface area contributed by atoms with E-state index in [0.29, 0.717) is 38.7 Å². The fraction of sp³-hybridized carbons (Fsp3) is 0.889. The molecule has 19 atom stereocenters. The number of aliphatic hydroxyl groups is 5. The van der Waals surface area contributed by atoms with Crippen molar-refractivity contribution in [3.05, 3.63) is 11.6 Å². The van der Waals surface area contributed by atoms with Gasteiger partial charge in [0.05, 0.1) is 31.3 Å². The van der Waals surface area contributed by atoms with E-state index in [9.17, 15) is 39.9 Å². The first-order valence-corrected chi connectivity index (χ1v) is 26.7. The summed E-state index contributed by atoms with van der Waals surface area (Å²) in [6, 6.07) is 0. The molecular weight excluding hydrogens is 905 g/mol. The van der Waals surface area contributed by atoms with Crippen LogP contribution in [0.15, 0.2) is 11.6 Å². The zero-order valence-electron chi connectivity index (χ0n) is 43.6. The minimum Gasteiger partial charge on any atom is -0.465 e. The number of carbonyl (C=O) groups excluding carboxylic acids is 4. The minimum atomic E-state index is -1.93. The molecule has 0 spiro atoms. The molecule has 2 aliphatic heterocycles. The van der Waals surface area contributed by atoms with Gasteiger partial charge in [0.25, 0.3) is 0 Å². The maximum Gasteiger partial charge on any atom is 0.338 e. The van der Waals surface area contributed by atoms with Gasteiger partial charge in [-0.3, -0.25) is 9.59 Å². The standard InChI is InChI=1S/C54H86O16/c1-11-14-25-64-44(61)40-36(57)35(56)39(60)46(68-40)70-42-38(59)37(58)41(45(62)65-26-15-12-2)69-47(42)67-34-18-19-52(8)33(49(34,4)5)17-20-54(10)43(52)32(55)28-30-31-29-51(7,48(63)66-27-16-13-3)22-21-50(31,6)23-24-53(30,54)9/h28,31,33-43,46-47,56-60H,11-27,29H2,1-10H3/t31-,33-,34-,35-,36-,37-,38+,39+,40-,41-,42+,43-,46-,47-,50-,51+,52+,53-,54-/m1/s1. The fourth-order valence-corrected chi connectivity index (χ4v) is 14.6. The van der Waals surface area contributed by atoms with Crippen LogP contribution in [0, 0.1) is 50.2 Å². The van der Waals surface area contributed by atoms with Crippen LogP contribution >= 0.6 is 0 Å². The van der Waals surface area contributed by atoms with E-state index in [1.165, 1.54) is 5.57 Å². The molecule has 4 saturated carbocycles. The third-order valence-electron chi connectivity index (χ3n) is 19.4. The van der Waals surface area contributed by atoms with Gasteiger partial charge in [-0.2, -0.15) is 0 Å². The van der Waals surface area contributed by atoms with Crippen molar-refractivity contribution in [1.82, 2.24) is 0 Å². The zero-order chi connectivity index (χ0) is 51.4. The van der Waals surface area contributed by atoms with Crippen LogP contribution in [0.5, 0.6) is 0 Å². The first-order valence-electron chi connectivity index (χ1n) is 26.7. The summed E-state index contributed by atoms with van der Waals surface area (Å²) in [4.78, 5) is 55.4. The van der Waals surface area contributed by atoms with E-state index in [1.807, 2.05) is 19.9 Å². The van der Waals surface area contributed by atoms with Crippen molar-refractivity contribution in [3.63, 3.8) is 0 Å². The molecule has 2 saturated heterocycles. The summed E-state index contributed by atoms with van der Waals surface area (Å²) in [7, 11) is 0. The second-order valence-electron chi connectivity index (χ2n) is 24.2. The normalized spacial score (nSPS) is 45.5. The van der Waals surface area contributed by atoms with Crippen molar-refractivity contribution >= 4 is 23.7 Å². The summed E-state index contributed by atoms with van der Waals surface area (Å²) in [5, 5.41) is 56.0. The van der Waals surface area contributed by atoms with Gasteiger partial charge in [-0.15, -0.1) is 0 Å². The summed E-state index contributed by atoms with van der Waals surface area (Å²) < 4.78 is 41.5. The van der Waals surface area contributed by atoms with Crippen LogP contribution in [0.3, 0.4) is 0 Å². The molecule has 16 nitrogen and oxygen atoms in total. The van der Waals surface area contributed by atoms with E-state index in [2.05, 4.69) is 55.4 Å². The van der Waals surface area contributed by atoms with Gasteiger partial charge >= 0.3 is 17.9 Å². The van der Waals surface area contributed by atoms with E-state index in [1.54, 1.807) is 0 Å². The highest BCUT2D eigenvalue weighted by Crippen LogP contribution is 2.75. The highest BCUT2D eigenvalue weighted by atomic mass is 16.8. The number of carbonyl (C=O) groups is 4. The van der Waals surface area contributed by atoms with Crippen molar-refractivity contribution in [1.29, 1.82) is 0 Å². The smallest absolute Gasteiger partial charge is 0.338 e. The Kier molecular flexibility index (Phi) is 16.6. The van der Waals surface area contributed by atoms with E-state index < -0.39 is 95.7 Å². The third-order valence-corrected chi connectivity index (χ3v) is 19.4. The second-order valence-corrected chi connectivity index (χ2v) is 24.2. The maximum absolute atomic E-state index is 15.2. The number of ketones is 1. The number of allylic oxidation sites excluding steroid dienone is 2. The quantitative estimate of drug-likeness (QED) is 0.0515. The Balaban J connectivity index is 1.16. The van der Waals surface area contributed by atoms with Crippen LogP contribution < -0.4 is 0 Å². The van der Waals surface area contributed by atoms with Gasteiger partial charge in [0.1, 0.15) is 36.6 Å². The molecule has 0 radical (unpaired) electrons. The van der Waals surface area contributed by atoms with Crippen LogP contribution in [-0.4, -0.2) is 137 Å². The topological polar surface area (TPSA) is 234 Å². The molecule has 0 aromatic carbocycles. The van der Waals surface area contributed by atoms with Crippen molar-refractivity contribution in [2.24, 2.45) is 50.2 Å². The lowest BCUT2D eigenvalue weighted by atomic mass is 9.33. The monoisotopic (exact) mass is 991 g/mol. The lowest BCUT2D eigenvalue weighted by Gasteiger charge is -2.70. The molecule has 6 fully saturated rings. The van der Waals surface area contributed by atoms with E-state index in [4.69, 9.17) is 33.2 Å². The van der Waals surface area contributed by atoms with Crippen molar-refractivity contribution in [3.8, 4) is 0 Å². The molecule has 2 heterocycles. The van der Waals surface area contributed by atoms with Crippen molar-refractivity contribution < 1.29 is 77.9 Å². The number of ether oxygens (including phenoxy) is 7. The van der Waals surface area contributed by atoms with Crippen LogP contribution in [0.1, 0.15) is 166 Å². The first kappa shape index (κ1) is 55.2. The van der Waals surface area contributed by atoms with Gasteiger partial charge in [-0.25, -0.2) is 9.59 Å². The SMILES string of the molecule is CCCCOC(=O)[C@@H]1O[C@H](O[C@@H]2[C@H](O[C@@H]3CC[C@@]4(C)[C@H](CC[C@]5(C)[C@@H]4C(=O)C=C4[C@H]6C[C@@](C)(C(=O)OCCCC)CC[C@]6(C)CC[C@]45C)C3(C)C)O[C@@H](C(=O)OCCCC)[C@H](O)[C@@H]2O)[C@@H](O)[C@H](O)[C@H]1O. The van der Waals surface area contributed by atoms with Crippen molar-refractivity contribution in [2.45, 2.75) is 233 Å². The molecule has 5 N–H and O–H groups in total. The van der Waals surface area contributed by atoms with E-state index in [-0.39, 0.29) is 59.0 Å². The molecule has 0 aromatic rings. The lowest BCUT2D eigenvalue weighted by molar-refractivity contribution is -0.371. The summed E-state index contributed by atoms with van der Waals surface area (Å²) in [6.07, 6.45) is -5.48. The lowest BCUT2D eigenvalue weighted by Crippen LogP contribution is -2.68. The number of fused-ring (bicyclic) bond motifs is 7. The van der Waals surface area contributed by atoms with Gasteiger partial charge in [-0.1, -0.05) is 87.1 Å². The van der Waals surface area contributed by atoms with Crippen LogP contribution in [0.4, 0.5) is 0 Å². The summed E-state index contributed by atoms with van der Waals surface area (Å²) in [5.41, 5.74) is -1.23. The number of hydrogen-bond acceptors (Lipinski definition) is 16. The second kappa shape index (κ2) is 21.0. The average Bonchev–Trinajstić information content (AvgIpc) is 3.30. The largest absolute Gasteiger partial charge is 0.465 e. The van der Waals surface area contributed by atoms with Gasteiger partial charge in [-0.05, 0) is 129 Å². The Hall–Kier alpha value is -2.54. The van der Waals surface area contributed by atoms with Crippen LogP contribution in [-0.2, 0) is 52.3 Å². The number of hydrogen-bond donors (Lipinski definition) is 5. The zero-order valence-corrected chi connectivity index (χ0v) is 43.6. The molecule has 0 aromatic heterocycles. The molecule has 0 unspecified atom stereocenters. The molecule has 5 aliphatic carbocycles. The van der Waals surface area contributed by atoms with Gasteiger partial charge < -0.3 is 58.7 Å². The predicted octanol–water partition coefficient (Wildman–Crippen LogP) is 6.02. The fourth-order valence-electron chi connectivity index (χ4n) is 14.6. The highest BCUT2D eigenvalue weighted by molar-refractivity contribution is 5.95. The Morgan fingerprint density at radius 2 is 1.20 bits per heavy atom. The molecule has 70 heavy (non-hydrogen) atoms. The predicted molar refractivity (Wildman–Crippen MR) is 254 cm³/mol. The van der Waals surface area contributed by atoms with Crippen molar-refractivity contribution in [2.75, 3.05) is 19.8 Å². The molecule has 0 amide bonds. The van der Waals surface area contributed by atoms with E-state index >= 15 is 4.79 Å². The number of unbranched alkanes of at least 4 members (excludes halogenated alkanes) is 3.